The Kier molecular flexibility index (Phi) is 3.36. The van der Waals surface area contributed by atoms with E-state index in [4.69, 9.17) is 15.9 Å². The Balaban J connectivity index is 2.00. The fraction of sp³-hybridized carbons (Fsp3) is 0.667. The van der Waals surface area contributed by atoms with Gasteiger partial charge in [0.05, 0.1) is 12.3 Å². The van der Waals surface area contributed by atoms with E-state index in [1.807, 2.05) is 14.0 Å². The molecule has 1 aliphatic rings. The lowest BCUT2D eigenvalue weighted by atomic mass is 9.83. The third-order valence-corrected chi connectivity index (χ3v) is 3.43. The molecule has 0 bridgehead atoms. The van der Waals surface area contributed by atoms with E-state index < -0.39 is 0 Å². The molecule has 1 aromatic rings. The molecule has 0 amide bonds. The molecule has 0 radical (unpaired) electrons. The second-order valence-electron chi connectivity index (χ2n) is 4.74. The number of hydrogen-bond donors (Lipinski definition) is 2. The third-order valence-electron chi connectivity index (χ3n) is 3.43. The van der Waals surface area contributed by atoms with Gasteiger partial charge in [-0.05, 0) is 19.3 Å². The normalized spacial score (nSPS) is 15.6. The van der Waals surface area contributed by atoms with Crippen LogP contribution in [0.1, 0.15) is 36.9 Å². The van der Waals surface area contributed by atoms with Crippen LogP contribution >= 0.6 is 0 Å². The number of aryl methyl sites for hydroxylation is 2. The van der Waals surface area contributed by atoms with Gasteiger partial charge in [0.15, 0.2) is 0 Å². The molecule has 1 aromatic heterocycles. The van der Waals surface area contributed by atoms with Gasteiger partial charge >= 0.3 is 0 Å². The summed E-state index contributed by atoms with van der Waals surface area (Å²) in [6.07, 6.45) is 5.09. The standard InChI is InChI=1S/C12H20N4O/c1-8-10(11(13)14)12(16(2)15-8)17-7-6-9-4-3-5-9/h9H,3-7H2,1-2H3,(H3,13,14). The van der Waals surface area contributed by atoms with E-state index in [9.17, 15) is 0 Å². The van der Waals surface area contributed by atoms with E-state index in [-0.39, 0.29) is 5.84 Å². The summed E-state index contributed by atoms with van der Waals surface area (Å²) < 4.78 is 7.40. The second kappa shape index (κ2) is 4.77. The lowest BCUT2D eigenvalue weighted by molar-refractivity contribution is 0.211. The minimum Gasteiger partial charge on any atom is -0.477 e. The third kappa shape index (κ3) is 2.43. The van der Waals surface area contributed by atoms with Crippen LogP contribution in [0.2, 0.25) is 0 Å². The lowest BCUT2D eigenvalue weighted by Gasteiger charge is -2.25. The molecule has 1 fully saturated rings. The Morgan fingerprint density at radius 2 is 2.29 bits per heavy atom. The first-order valence-electron chi connectivity index (χ1n) is 6.10. The molecule has 1 aliphatic carbocycles. The predicted octanol–water partition coefficient (Wildman–Crippen LogP) is 1.58. The Labute approximate surface area is 101 Å². The van der Waals surface area contributed by atoms with Crippen LogP contribution in [0.15, 0.2) is 0 Å². The van der Waals surface area contributed by atoms with E-state index in [0.29, 0.717) is 18.1 Å². The summed E-state index contributed by atoms with van der Waals surface area (Å²) in [6, 6.07) is 0. The minimum atomic E-state index is 0.0224. The Morgan fingerprint density at radius 3 is 2.82 bits per heavy atom. The largest absolute Gasteiger partial charge is 0.477 e. The first kappa shape index (κ1) is 12.0. The highest BCUT2D eigenvalue weighted by molar-refractivity contribution is 5.98. The van der Waals surface area contributed by atoms with Crippen molar-refractivity contribution >= 4 is 5.84 Å². The number of nitrogens with two attached hydrogens (primary N) is 1. The van der Waals surface area contributed by atoms with Crippen LogP contribution < -0.4 is 10.5 Å². The second-order valence-corrected chi connectivity index (χ2v) is 4.74. The molecule has 0 aromatic carbocycles. The van der Waals surface area contributed by atoms with Crippen molar-refractivity contribution in [3.05, 3.63) is 11.3 Å². The highest BCUT2D eigenvalue weighted by Crippen LogP contribution is 2.29. The molecule has 1 heterocycles. The van der Waals surface area contributed by atoms with Gasteiger partial charge in [0, 0.05) is 7.05 Å². The molecule has 0 spiro atoms. The van der Waals surface area contributed by atoms with E-state index >= 15 is 0 Å². The summed E-state index contributed by atoms with van der Waals surface area (Å²) in [5.41, 5.74) is 6.92. The van der Waals surface area contributed by atoms with Gasteiger partial charge in [0.2, 0.25) is 5.88 Å². The Bertz CT molecular complexity index is 420. The average molecular weight is 236 g/mol. The molecular formula is C12H20N4O. The molecule has 0 saturated heterocycles. The van der Waals surface area contributed by atoms with Gasteiger partial charge in [0.25, 0.3) is 0 Å². The number of nitrogens with zero attached hydrogens (tertiary/aromatic N) is 2. The first-order chi connectivity index (χ1) is 8.09. The van der Waals surface area contributed by atoms with Crippen molar-refractivity contribution in [2.24, 2.45) is 18.7 Å². The van der Waals surface area contributed by atoms with E-state index in [0.717, 1.165) is 18.0 Å². The van der Waals surface area contributed by atoms with Gasteiger partial charge in [-0.3, -0.25) is 5.41 Å². The van der Waals surface area contributed by atoms with Gasteiger partial charge < -0.3 is 10.5 Å². The number of hydrogen-bond acceptors (Lipinski definition) is 3. The van der Waals surface area contributed by atoms with Crippen LogP contribution in [0, 0.1) is 18.3 Å². The van der Waals surface area contributed by atoms with E-state index in [1.54, 1.807) is 4.68 Å². The molecule has 3 N–H and O–H groups in total. The van der Waals surface area contributed by atoms with Crippen LogP contribution in [-0.4, -0.2) is 22.2 Å². The SMILES string of the molecule is Cc1nn(C)c(OCCC2CCC2)c1C(=N)N. The van der Waals surface area contributed by atoms with Crippen molar-refractivity contribution < 1.29 is 4.74 Å². The Hall–Kier alpha value is -1.52. The van der Waals surface area contributed by atoms with Crippen molar-refractivity contribution in [3.63, 3.8) is 0 Å². The van der Waals surface area contributed by atoms with Gasteiger partial charge in [-0.15, -0.1) is 0 Å². The van der Waals surface area contributed by atoms with Crippen molar-refractivity contribution in [2.75, 3.05) is 6.61 Å². The van der Waals surface area contributed by atoms with Crippen molar-refractivity contribution in [3.8, 4) is 5.88 Å². The number of nitrogen functional groups attached to an aromatic ring is 1. The monoisotopic (exact) mass is 236 g/mol. The quantitative estimate of drug-likeness (QED) is 0.602. The van der Waals surface area contributed by atoms with Gasteiger partial charge in [-0.2, -0.15) is 5.10 Å². The number of nitrogens with one attached hydrogen (secondary N) is 1. The van der Waals surface area contributed by atoms with E-state index in [1.165, 1.54) is 19.3 Å². The zero-order chi connectivity index (χ0) is 12.4. The van der Waals surface area contributed by atoms with Crippen LogP contribution in [0.4, 0.5) is 0 Å². The zero-order valence-electron chi connectivity index (χ0n) is 10.5. The van der Waals surface area contributed by atoms with Crippen molar-refractivity contribution in [1.29, 1.82) is 5.41 Å². The molecule has 5 heteroatoms. The smallest absolute Gasteiger partial charge is 0.223 e. The lowest BCUT2D eigenvalue weighted by Crippen LogP contribution is -2.17. The number of rotatable bonds is 5. The maximum Gasteiger partial charge on any atom is 0.223 e. The van der Waals surface area contributed by atoms with E-state index in [2.05, 4.69) is 5.10 Å². The van der Waals surface area contributed by atoms with Crippen molar-refractivity contribution in [2.45, 2.75) is 32.6 Å². The van der Waals surface area contributed by atoms with Gasteiger partial charge in [-0.25, -0.2) is 4.68 Å². The molecule has 94 valence electrons. The molecule has 0 aliphatic heterocycles. The number of ether oxygens (including phenoxy) is 1. The summed E-state index contributed by atoms with van der Waals surface area (Å²) in [4.78, 5) is 0. The number of amidine groups is 1. The highest BCUT2D eigenvalue weighted by Gasteiger charge is 2.20. The Morgan fingerprint density at radius 1 is 1.59 bits per heavy atom. The summed E-state index contributed by atoms with van der Waals surface area (Å²) in [7, 11) is 1.82. The fourth-order valence-electron chi connectivity index (χ4n) is 2.22. The minimum absolute atomic E-state index is 0.0224. The molecule has 0 unspecified atom stereocenters. The van der Waals surface area contributed by atoms with Gasteiger partial charge in [-0.1, -0.05) is 19.3 Å². The number of aromatic nitrogens is 2. The topological polar surface area (TPSA) is 76.9 Å². The average Bonchev–Trinajstić information content (AvgIpc) is 2.45. The fourth-order valence-corrected chi connectivity index (χ4v) is 2.22. The molecule has 17 heavy (non-hydrogen) atoms. The molecule has 5 nitrogen and oxygen atoms in total. The van der Waals surface area contributed by atoms with Crippen molar-refractivity contribution in [1.82, 2.24) is 9.78 Å². The first-order valence-corrected chi connectivity index (χ1v) is 6.10. The zero-order valence-corrected chi connectivity index (χ0v) is 10.5. The summed E-state index contributed by atoms with van der Waals surface area (Å²) in [5.74, 6) is 1.47. The summed E-state index contributed by atoms with van der Waals surface area (Å²) in [5, 5.41) is 11.8. The molecule has 1 saturated carbocycles. The summed E-state index contributed by atoms with van der Waals surface area (Å²) in [6.45, 7) is 2.53. The van der Waals surface area contributed by atoms with Gasteiger partial charge in [0.1, 0.15) is 11.4 Å². The maximum atomic E-state index is 7.54. The molecule has 0 atom stereocenters. The summed E-state index contributed by atoms with van der Waals surface area (Å²) >= 11 is 0. The molecular weight excluding hydrogens is 216 g/mol. The highest BCUT2D eigenvalue weighted by atomic mass is 16.5. The van der Waals surface area contributed by atoms with Crippen LogP contribution in [0.5, 0.6) is 5.88 Å². The van der Waals surface area contributed by atoms with Crippen LogP contribution in [-0.2, 0) is 7.05 Å². The maximum absolute atomic E-state index is 7.54. The predicted molar refractivity (Wildman–Crippen MR) is 66.4 cm³/mol. The van der Waals surface area contributed by atoms with Crippen LogP contribution in [0.25, 0.3) is 0 Å². The molecule has 2 rings (SSSR count). The van der Waals surface area contributed by atoms with Crippen LogP contribution in [0.3, 0.4) is 0 Å².